The van der Waals surface area contributed by atoms with Gasteiger partial charge in [0.05, 0.1) is 25.5 Å². The van der Waals surface area contributed by atoms with Gasteiger partial charge in [-0.2, -0.15) is 5.10 Å². The highest BCUT2D eigenvalue weighted by Crippen LogP contribution is 2.11. The minimum Gasteiger partial charge on any atom is -0.388 e. The van der Waals surface area contributed by atoms with E-state index in [-0.39, 0.29) is 5.88 Å². The van der Waals surface area contributed by atoms with Crippen molar-refractivity contribution < 1.29 is 9.53 Å². The van der Waals surface area contributed by atoms with Crippen molar-refractivity contribution in [1.29, 1.82) is 0 Å². The highest BCUT2D eigenvalue weighted by Gasteiger charge is 2.09. The summed E-state index contributed by atoms with van der Waals surface area (Å²) >= 11 is 0. The van der Waals surface area contributed by atoms with Gasteiger partial charge in [0, 0.05) is 19.3 Å². The van der Waals surface area contributed by atoms with Crippen LogP contribution in [0.1, 0.15) is 27.8 Å². The van der Waals surface area contributed by atoms with Crippen molar-refractivity contribution in [3.63, 3.8) is 0 Å². The molecular weight excluding hydrogens is 406 g/mol. The van der Waals surface area contributed by atoms with Gasteiger partial charge in [-0.25, -0.2) is 9.48 Å². The third-order valence-electron chi connectivity index (χ3n) is 4.88. The van der Waals surface area contributed by atoms with E-state index >= 15 is 0 Å². The minimum atomic E-state index is -0.585. The second kappa shape index (κ2) is 9.88. The van der Waals surface area contributed by atoms with E-state index in [1.54, 1.807) is 10.9 Å². The first-order valence-electron chi connectivity index (χ1n) is 10.3. The van der Waals surface area contributed by atoms with E-state index in [4.69, 9.17) is 10.5 Å². The normalized spacial score (nSPS) is 10.8. The maximum atomic E-state index is 12.0. The molecule has 2 aromatic heterocycles. The molecule has 3 N–H and O–H groups in total. The van der Waals surface area contributed by atoms with Crippen molar-refractivity contribution >= 4 is 6.09 Å². The van der Waals surface area contributed by atoms with Gasteiger partial charge >= 0.3 is 6.09 Å². The van der Waals surface area contributed by atoms with E-state index in [2.05, 4.69) is 32.9 Å². The van der Waals surface area contributed by atoms with Gasteiger partial charge in [0.2, 0.25) is 0 Å². The molecule has 4 rings (SSSR count). The van der Waals surface area contributed by atoms with Crippen LogP contribution < -0.4 is 15.8 Å². The fourth-order valence-electron chi connectivity index (χ4n) is 3.18. The summed E-state index contributed by atoms with van der Waals surface area (Å²) in [5, 5.41) is 14.9. The van der Waals surface area contributed by atoms with Crippen LogP contribution in [0.15, 0.2) is 67.1 Å². The number of amides is 1. The molecule has 0 spiro atoms. The number of aromatic nitrogens is 5. The number of carbonyl (C=O) groups excluding carboxylic acids is 1. The number of nitrogens with one attached hydrogen (secondary N) is 1. The summed E-state index contributed by atoms with van der Waals surface area (Å²) in [6.07, 6.45) is 4.87. The molecule has 0 saturated carbocycles. The summed E-state index contributed by atoms with van der Waals surface area (Å²) in [6, 6.07) is 15.9. The van der Waals surface area contributed by atoms with Gasteiger partial charge in [-0.3, -0.25) is 4.68 Å². The lowest BCUT2D eigenvalue weighted by atomic mass is 10.1. The smallest absolute Gasteiger partial charge is 0.388 e. The number of aryl methyl sites for hydroxylation is 1. The van der Waals surface area contributed by atoms with Crippen LogP contribution >= 0.6 is 0 Å². The summed E-state index contributed by atoms with van der Waals surface area (Å²) in [5.41, 5.74) is 10.9. The number of ether oxygens (including phenoxy) is 1. The van der Waals surface area contributed by atoms with Crippen molar-refractivity contribution in [2.75, 3.05) is 0 Å². The van der Waals surface area contributed by atoms with Crippen LogP contribution in [-0.2, 0) is 26.2 Å². The topological polar surface area (TPSA) is 113 Å². The maximum absolute atomic E-state index is 12.0. The van der Waals surface area contributed by atoms with Gasteiger partial charge in [0.25, 0.3) is 5.88 Å². The molecule has 2 heterocycles. The lowest BCUT2D eigenvalue weighted by Crippen LogP contribution is -2.26. The van der Waals surface area contributed by atoms with E-state index in [9.17, 15) is 4.79 Å². The standard InChI is InChI=1S/C23H25N7O2/c1-17-11-26-29(13-17)14-20-6-8-21(9-7-20)15-30-16-22(27-28-30)32-23(31)25-12-19-4-2-18(10-24)3-5-19/h2-9,11,13,16H,10,12,14-15,24H2,1H3,(H,25,31). The van der Waals surface area contributed by atoms with Gasteiger partial charge in [-0.1, -0.05) is 58.8 Å². The van der Waals surface area contributed by atoms with Crippen LogP contribution in [-0.4, -0.2) is 30.9 Å². The summed E-state index contributed by atoms with van der Waals surface area (Å²) in [7, 11) is 0. The van der Waals surface area contributed by atoms with E-state index in [1.807, 2.05) is 60.4 Å². The van der Waals surface area contributed by atoms with Crippen molar-refractivity contribution in [1.82, 2.24) is 30.1 Å². The molecule has 0 aliphatic carbocycles. The monoisotopic (exact) mass is 431 g/mol. The second-order valence-electron chi connectivity index (χ2n) is 7.55. The molecule has 2 aromatic carbocycles. The Balaban J connectivity index is 1.26. The zero-order valence-electron chi connectivity index (χ0n) is 17.8. The zero-order valence-corrected chi connectivity index (χ0v) is 17.8. The SMILES string of the molecule is Cc1cnn(Cc2ccc(Cn3cc(OC(=O)NCc4ccc(CN)cc4)nn3)cc2)c1. The Bertz CT molecular complexity index is 1160. The Morgan fingerprint density at radius 3 is 2.19 bits per heavy atom. The number of benzene rings is 2. The van der Waals surface area contributed by atoms with Crippen molar-refractivity contribution in [2.24, 2.45) is 5.73 Å². The van der Waals surface area contributed by atoms with Crippen molar-refractivity contribution in [3.8, 4) is 5.88 Å². The first-order chi connectivity index (χ1) is 15.6. The Morgan fingerprint density at radius 2 is 1.56 bits per heavy atom. The lowest BCUT2D eigenvalue weighted by Gasteiger charge is -2.05. The molecule has 9 heteroatoms. The molecule has 32 heavy (non-hydrogen) atoms. The number of hydrogen-bond acceptors (Lipinski definition) is 6. The second-order valence-corrected chi connectivity index (χ2v) is 7.55. The van der Waals surface area contributed by atoms with Gasteiger partial charge in [0.15, 0.2) is 0 Å². The molecule has 0 aliphatic heterocycles. The average Bonchev–Trinajstić information content (AvgIpc) is 3.42. The van der Waals surface area contributed by atoms with E-state index < -0.39 is 6.09 Å². The number of hydrogen-bond donors (Lipinski definition) is 2. The van der Waals surface area contributed by atoms with Crippen LogP contribution in [0.2, 0.25) is 0 Å². The van der Waals surface area contributed by atoms with Gasteiger partial charge in [-0.05, 0) is 34.7 Å². The number of nitrogens with two attached hydrogens (primary N) is 1. The highest BCUT2D eigenvalue weighted by molar-refractivity contribution is 5.69. The maximum Gasteiger partial charge on any atom is 0.414 e. The summed E-state index contributed by atoms with van der Waals surface area (Å²) in [6.45, 7) is 4.10. The van der Waals surface area contributed by atoms with Crippen LogP contribution in [0.5, 0.6) is 5.88 Å². The Hall–Kier alpha value is -3.98. The molecule has 9 nitrogen and oxygen atoms in total. The molecule has 0 saturated heterocycles. The van der Waals surface area contributed by atoms with Crippen LogP contribution in [0.4, 0.5) is 4.79 Å². The largest absolute Gasteiger partial charge is 0.414 e. The molecule has 4 aromatic rings. The molecule has 1 amide bonds. The summed E-state index contributed by atoms with van der Waals surface area (Å²) in [5.74, 6) is 0.145. The van der Waals surface area contributed by atoms with E-state index in [1.165, 1.54) is 0 Å². The average molecular weight is 432 g/mol. The quantitative estimate of drug-likeness (QED) is 0.443. The zero-order chi connectivity index (χ0) is 22.3. The minimum absolute atomic E-state index is 0.145. The number of carbonyl (C=O) groups is 1. The number of rotatable bonds is 8. The third kappa shape index (κ3) is 5.79. The van der Waals surface area contributed by atoms with Gasteiger partial charge in [-0.15, -0.1) is 0 Å². The first kappa shape index (κ1) is 21.3. The molecule has 0 radical (unpaired) electrons. The van der Waals surface area contributed by atoms with Crippen molar-refractivity contribution in [3.05, 3.63) is 94.9 Å². The fraction of sp³-hybridized carbons (Fsp3) is 0.217. The molecule has 0 atom stereocenters. The Labute approximate surface area is 185 Å². The fourth-order valence-corrected chi connectivity index (χ4v) is 3.18. The van der Waals surface area contributed by atoms with E-state index in [0.29, 0.717) is 19.6 Å². The summed E-state index contributed by atoms with van der Waals surface area (Å²) < 4.78 is 8.75. The molecule has 0 bridgehead atoms. The lowest BCUT2D eigenvalue weighted by molar-refractivity contribution is 0.198. The molecule has 0 aliphatic rings. The van der Waals surface area contributed by atoms with Gasteiger partial charge in [0.1, 0.15) is 0 Å². The predicted molar refractivity (Wildman–Crippen MR) is 119 cm³/mol. The van der Waals surface area contributed by atoms with Crippen molar-refractivity contribution in [2.45, 2.75) is 33.1 Å². The van der Waals surface area contributed by atoms with Crippen LogP contribution in [0.3, 0.4) is 0 Å². The van der Waals surface area contributed by atoms with Crippen LogP contribution in [0, 0.1) is 6.92 Å². The first-order valence-corrected chi connectivity index (χ1v) is 10.3. The molecule has 164 valence electrons. The van der Waals surface area contributed by atoms with Gasteiger partial charge < -0.3 is 15.8 Å². The number of nitrogens with zero attached hydrogens (tertiary/aromatic N) is 5. The third-order valence-corrected chi connectivity index (χ3v) is 4.88. The van der Waals surface area contributed by atoms with E-state index in [0.717, 1.165) is 34.4 Å². The molecular formula is C23H25N7O2. The Kier molecular flexibility index (Phi) is 6.57. The molecule has 0 unspecified atom stereocenters. The summed E-state index contributed by atoms with van der Waals surface area (Å²) in [4.78, 5) is 12.0. The highest BCUT2D eigenvalue weighted by atomic mass is 16.6. The predicted octanol–water partition coefficient (Wildman–Crippen LogP) is 2.63. The Morgan fingerprint density at radius 1 is 0.938 bits per heavy atom. The van der Waals surface area contributed by atoms with Crippen LogP contribution in [0.25, 0.3) is 0 Å². The molecule has 0 fully saturated rings.